The number of nitrogen functional groups attached to an aromatic ring is 1. The molecule has 3 aliphatic rings. The average molecular weight is 500 g/mol. The van der Waals surface area contributed by atoms with Crippen LogP contribution >= 0.6 is 0 Å². The lowest BCUT2D eigenvalue weighted by Crippen LogP contribution is -2.45. The van der Waals surface area contributed by atoms with Crippen molar-refractivity contribution in [1.29, 1.82) is 5.41 Å². The smallest absolute Gasteiger partial charge is 0.383 e. The number of aliphatic imine (C=N–C) groups is 1. The van der Waals surface area contributed by atoms with E-state index in [-0.39, 0.29) is 41.2 Å². The van der Waals surface area contributed by atoms with Crippen molar-refractivity contribution in [3.8, 4) is 0 Å². The Morgan fingerprint density at radius 1 is 1.29 bits per heavy atom. The van der Waals surface area contributed by atoms with Gasteiger partial charge in [-0.05, 0) is 44.1 Å². The predicted octanol–water partition coefficient (Wildman–Crippen LogP) is 3.44. The van der Waals surface area contributed by atoms with E-state index < -0.39 is 27.4 Å². The Labute approximate surface area is 198 Å². The number of sulfone groups is 1. The van der Waals surface area contributed by atoms with Crippen LogP contribution in [0, 0.1) is 23.2 Å². The summed E-state index contributed by atoms with van der Waals surface area (Å²) in [5, 5.41) is 8.50. The van der Waals surface area contributed by atoms with Gasteiger partial charge in [0.2, 0.25) is 0 Å². The van der Waals surface area contributed by atoms with E-state index in [2.05, 4.69) is 9.88 Å². The van der Waals surface area contributed by atoms with E-state index in [1.807, 2.05) is 13.8 Å². The number of rotatable bonds is 7. The highest BCUT2D eigenvalue weighted by Gasteiger charge is 2.58. The second-order valence-corrected chi connectivity index (χ2v) is 12.2. The summed E-state index contributed by atoms with van der Waals surface area (Å²) in [6.45, 7) is 5.21. The summed E-state index contributed by atoms with van der Waals surface area (Å²) in [6.07, 6.45) is -0.421. The fourth-order valence-electron chi connectivity index (χ4n) is 5.47. The number of anilines is 1. The van der Waals surface area contributed by atoms with Crippen LogP contribution in [-0.2, 0) is 16.0 Å². The summed E-state index contributed by atoms with van der Waals surface area (Å²) in [5.74, 6) is 0.961. The zero-order chi connectivity index (χ0) is 24.8. The molecule has 1 aromatic heterocycles. The summed E-state index contributed by atoms with van der Waals surface area (Å²) >= 11 is 0. The highest BCUT2D eigenvalue weighted by molar-refractivity contribution is 7.91. The maximum atomic E-state index is 13.2. The molecule has 1 aliphatic heterocycles. The number of aromatic nitrogens is 1. The lowest BCUT2D eigenvalue weighted by atomic mass is 9.96. The van der Waals surface area contributed by atoms with Crippen molar-refractivity contribution in [1.82, 2.24) is 9.88 Å². The molecule has 188 valence electrons. The third kappa shape index (κ3) is 5.30. The molecule has 1 aromatic rings. The summed E-state index contributed by atoms with van der Waals surface area (Å²) in [4.78, 5) is 10.8. The molecular weight excluding hydrogens is 467 g/mol. The molecule has 2 saturated carbocycles. The largest absolute Gasteiger partial charge is 0.419 e. The minimum absolute atomic E-state index is 0.0582. The minimum Gasteiger partial charge on any atom is -0.383 e. The Morgan fingerprint density at radius 2 is 1.91 bits per heavy atom. The maximum absolute atomic E-state index is 13.2. The quantitative estimate of drug-likeness (QED) is 0.558. The van der Waals surface area contributed by atoms with Crippen molar-refractivity contribution in [2.24, 2.45) is 22.7 Å². The van der Waals surface area contributed by atoms with Gasteiger partial charge in [-0.1, -0.05) is 6.92 Å². The van der Waals surface area contributed by atoms with Crippen molar-refractivity contribution in [2.75, 3.05) is 30.3 Å². The fraction of sp³-hybridized carbons (Fsp3) is 0.696. The number of nitrogens with one attached hydrogen (secondary N) is 1. The summed E-state index contributed by atoms with van der Waals surface area (Å²) < 4.78 is 63.2. The number of pyridine rings is 1. The molecule has 0 aromatic carbocycles. The minimum atomic E-state index is -4.63. The van der Waals surface area contributed by atoms with E-state index in [0.29, 0.717) is 31.0 Å². The van der Waals surface area contributed by atoms with Crippen molar-refractivity contribution in [3.05, 3.63) is 23.4 Å². The Balaban J connectivity index is 1.45. The van der Waals surface area contributed by atoms with Gasteiger partial charge >= 0.3 is 6.18 Å². The van der Waals surface area contributed by atoms with Crippen molar-refractivity contribution in [2.45, 2.75) is 57.8 Å². The Kier molecular flexibility index (Phi) is 6.80. The van der Waals surface area contributed by atoms with E-state index in [9.17, 15) is 21.6 Å². The Hall–Kier alpha value is -2.01. The molecule has 0 radical (unpaired) electrons. The van der Waals surface area contributed by atoms with Gasteiger partial charge in [-0.2, -0.15) is 13.2 Å². The summed E-state index contributed by atoms with van der Waals surface area (Å²) in [7, 11) is -2.91. The van der Waals surface area contributed by atoms with Gasteiger partial charge in [0.15, 0.2) is 9.84 Å². The monoisotopic (exact) mass is 499 g/mol. The first-order valence-corrected chi connectivity index (χ1v) is 13.6. The molecule has 3 fully saturated rings. The molecule has 0 bridgehead atoms. The Morgan fingerprint density at radius 3 is 2.47 bits per heavy atom. The van der Waals surface area contributed by atoms with Gasteiger partial charge in [0, 0.05) is 60.7 Å². The van der Waals surface area contributed by atoms with E-state index in [1.165, 1.54) is 6.20 Å². The van der Waals surface area contributed by atoms with Crippen molar-refractivity contribution < 1.29 is 21.6 Å². The van der Waals surface area contributed by atoms with Crippen LogP contribution in [0.25, 0.3) is 0 Å². The van der Waals surface area contributed by atoms with Gasteiger partial charge < -0.3 is 11.1 Å². The SMILES string of the molecule is CCC(C)N=C(CC(=N)c1cnc(N)c(C(F)(F)F)c1)C1C2CC(N3CCS(=O)(=O)CC3)CC21. The lowest BCUT2D eigenvalue weighted by Gasteiger charge is -2.33. The van der Waals surface area contributed by atoms with Crippen LogP contribution in [0.1, 0.15) is 50.7 Å². The van der Waals surface area contributed by atoms with E-state index in [0.717, 1.165) is 31.0 Å². The molecule has 1 saturated heterocycles. The number of hydrogen-bond donors (Lipinski definition) is 2. The normalized spacial score (nSPS) is 30.1. The fourth-order valence-corrected chi connectivity index (χ4v) is 6.70. The molecule has 3 atom stereocenters. The molecule has 0 amide bonds. The van der Waals surface area contributed by atoms with Crippen LogP contribution in [0.15, 0.2) is 17.3 Å². The first-order chi connectivity index (χ1) is 15.9. The Bertz CT molecular complexity index is 1060. The molecule has 3 N–H and O–H groups in total. The van der Waals surface area contributed by atoms with Gasteiger partial charge in [-0.15, -0.1) is 0 Å². The highest BCUT2D eigenvalue weighted by Crippen LogP contribution is 2.59. The maximum Gasteiger partial charge on any atom is 0.419 e. The highest BCUT2D eigenvalue weighted by atomic mass is 32.2. The molecular formula is C23H32F3N5O2S. The lowest BCUT2D eigenvalue weighted by molar-refractivity contribution is -0.137. The van der Waals surface area contributed by atoms with Gasteiger partial charge in [0.05, 0.1) is 17.1 Å². The topological polar surface area (TPSA) is 112 Å². The molecule has 2 heterocycles. The molecule has 3 unspecified atom stereocenters. The van der Waals surface area contributed by atoms with E-state index in [4.69, 9.17) is 16.1 Å². The van der Waals surface area contributed by atoms with Crippen LogP contribution in [-0.4, -0.2) is 66.4 Å². The first kappa shape index (κ1) is 25.1. The molecule has 4 rings (SSSR count). The second-order valence-electron chi connectivity index (χ2n) is 9.85. The number of alkyl halides is 3. The van der Waals surface area contributed by atoms with E-state index in [1.54, 1.807) is 0 Å². The summed E-state index contributed by atoms with van der Waals surface area (Å²) in [6, 6.07) is 1.35. The average Bonchev–Trinajstić information content (AvgIpc) is 3.25. The molecule has 34 heavy (non-hydrogen) atoms. The number of hydrogen-bond acceptors (Lipinski definition) is 7. The van der Waals surface area contributed by atoms with Crippen molar-refractivity contribution >= 4 is 27.1 Å². The zero-order valence-electron chi connectivity index (χ0n) is 19.5. The van der Waals surface area contributed by atoms with Gasteiger partial charge in [-0.25, -0.2) is 13.4 Å². The number of fused-ring (bicyclic) bond motifs is 1. The van der Waals surface area contributed by atoms with Crippen LogP contribution in [0.5, 0.6) is 0 Å². The van der Waals surface area contributed by atoms with Crippen LogP contribution in [0.2, 0.25) is 0 Å². The third-order valence-corrected chi connectivity index (χ3v) is 9.22. The summed E-state index contributed by atoms with van der Waals surface area (Å²) in [5.41, 5.74) is 5.44. The van der Waals surface area contributed by atoms with E-state index >= 15 is 0 Å². The van der Waals surface area contributed by atoms with Crippen LogP contribution < -0.4 is 5.73 Å². The number of nitrogens with two attached hydrogens (primary N) is 1. The van der Waals surface area contributed by atoms with Crippen molar-refractivity contribution in [3.63, 3.8) is 0 Å². The molecule has 2 aliphatic carbocycles. The molecule has 7 nitrogen and oxygen atoms in total. The molecule has 11 heteroatoms. The molecule has 0 spiro atoms. The van der Waals surface area contributed by atoms with Gasteiger partial charge in [-0.3, -0.25) is 9.89 Å². The zero-order valence-corrected chi connectivity index (χ0v) is 20.3. The second kappa shape index (κ2) is 9.22. The van der Waals surface area contributed by atoms with Crippen LogP contribution in [0.3, 0.4) is 0 Å². The predicted molar refractivity (Wildman–Crippen MR) is 126 cm³/mol. The third-order valence-electron chi connectivity index (χ3n) is 7.61. The number of nitrogens with zero attached hydrogens (tertiary/aromatic N) is 3. The van der Waals surface area contributed by atoms with Gasteiger partial charge in [0.25, 0.3) is 0 Å². The van der Waals surface area contributed by atoms with Gasteiger partial charge in [0.1, 0.15) is 5.82 Å². The first-order valence-electron chi connectivity index (χ1n) is 11.8. The number of halogens is 3. The van der Waals surface area contributed by atoms with Crippen LogP contribution in [0.4, 0.5) is 19.0 Å². The standard InChI is InChI=1S/C23H32F3N5O2S/c1-3-13(2)30-20(11-19(27)14-8-18(23(24,25)26)22(28)29-12-14)21-16-9-15(10-17(16)21)31-4-6-34(32,33)7-5-31/h8,12-13,15-17,21,27H,3-7,9-11H2,1-2H3,(H2,28,29).